The molecule has 0 aliphatic heterocycles. The zero-order valence-corrected chi connectivity index (χ0v) is 11.7. The summed E-state index contributed by atoms with van der Waals surface area (Å²) in [5, 5.41) is 14.0. The first kappa shape index (κ1) is 13.5. The summed E-state index contributed by atoms with van der Waals surface area (Å²) in [7, 11) is 0. The number of aryl methyl sites for hydroxylation is 1. The quantitative estimate of drug-likeness (QED) is 0.848. The van der Waals surface area contributed by atoms with Crippen molar-refractivity contribution in [1.29, 1.82) is 0 Å². The molecule has 2 N–H and O–H groups in total. The maximum atomic E-state index is 11.7. The molecule has 2 aromatic heterocycles. The maximum Gasteiger partial charge on any atom is 0.346 e. The van der Waals surface area contributed by atoms with E-state index in [0.29, 0.717) is 10.6 Å². The molecule has 0 saturated heterocycles. The summed E-state index contributed by atoms with van der Waals surface area (Å²) in [5.74, 6) is -1.25. The molecule has 4 nitrogen and oxygen atoms in total. The Morgan fingerprint density at radius 3 is 2.79 bits per heavy atom. The van der Waals surface area contributed by atoms with Gasteiger partial charge in [0, 0.05) is 11.0 Å². The second-order valence-corrected chi connectivity index (χ2v) is 5.80. The summed E-state index contributed by atoms with van der Waals surface area (Å²) < 4.78 is 0. The van der Waals surface area contributed by atoms with Crippen molar-refractivity contribution < 1.29 is 14.7 Å². The minimum atomic E-state index is -0.975. The van der Waals surface area contributed by atoms with Gasteiger partial charge >= 0.3 is 5.97 Å². The van der Waals surface area contributed by atoms with Crippen molar-refractivity contribution in [3.63, 3.8) is 0 Å². The van der Waals surface area contributed by atoms with Crippen LogP contribution in [-0.4, -0.2) is 17.0 Å². The van der Waals surface area contributed by atoms with E-state index in [9.17, 15) is 9.59 Å². The van der Waals surface area contributed by atoms with Gasteiger partial charge in [-0.05, 0) is 36.1 Å². The fraction of sp³-hybridized carbons (Fsp3) is 0.0769. The van der Waals surface area contributed by atoms with Crippen molar-refractivity contribution >= 4 is 45.6 Å². The fourth-order valence-electron chi connectivity index (χ4n) is 1.46. The van der Waals surface area contributed by atoms with Crippen LogP contribution in [0.1, 0.15) is 20.1 Å². The fourth-order valence-corrected chi connectivity index (χ4v) is 3.00. The van der Waals surface area contributed by atoms with Gasteiger partial charge in [0.15, 0.2) is 0 Å². The van der Waals surface area contributed by atoms with Gasteiger partial charge in [-0.25, -0.2) is 4.79 Å². The lowest BCUT2D eigenvalue weighted by Crippen LogP contribution is -2.05. The van der Waals surface area contributed by atoms with Crippen molar-refractivity contribution in [1.82, 2.24) is 0 Å². The Labute approximate surface area is 118 Å². The minimum absolute atomic E-state index is 0.248. The van der Waals surface area contributed by atoms with Gasteiger partial charge in [0.1, 0.15) is 4.88 Å². The van der Waals surface area contributed by atoms with Gasteiger partial charge in [-0.1, -0.05) is 6.07 Å². The molecule has 0 unspecified atom stereocenters. The molecule has 0 bridgehead atoms. The molecule has 2 heterocycles. The highest BCUT2D eigenvalue weighted by Crippen LogP contribution is 2.26. The molecule has 0 spiro atoms. The highest BCUT2D eigenvalue weighted by molar-refractivity contribution is 7.18. The zero-order chi connectivity index (χ0) is 13.8. The first-order chi connectivity index (χ1) is 9.06. The third kappa shape index (κ3) is 3.52. The van der Waals surface area contributed by atoms with Gasteiger partial charge in [-0.3, -0.25) is 4.79 Å². The van der Waals surface area contributed by atoms with Crippen molar-refractivity contribution in [3.8, 4) is 0 Å². The molecule has 0 aromatic carbocycles. The first-order valence-electron chi connectivity index (χ1n) is 5.42. The monoisotopic (exact) mass is 293 g/mol. The van der Waals surface area contributed by atoms with Crippen molar-refractivity contribution in [2.24, 2.45) is 0 Å². The minimum Gasteiger partial charge on any atom is -0.477 e. The number of rotatable bonds is 4. The van der Waals surface area contributed by atoms with E-state index in [2.05, 4.69) is 5.32 Å². The molecule has 0 radical (unpaired) electrons. The Balaban J connectivity index is 2.03. The lowest BCUT2D eigenvalue weighted by atomic mass is 10.3. The van der Waals surface area contributed by atoms with Gasteiger partial charge in [0.05, 0.1) is 5.00 Å². The molecule has 19 heavy (non-hydrogen) atoms. The number of carbonyl (C=O) groups is 2. The number of thiophene rings is 2. The topological polar surface area (TPSA) is 66.4 Å². The molecular formula is C13H11NO3S2. The first-order valence-corrected chi connectivity index (χ1v) is 7.12. The highest BCUT2D eigenvalue weighted by Gasteiger charge is 2.12. The van der Waals surface area contributed by atoms with E-state index < -0.39 is 5.97 Å². The molecule has 98 valence electrons. The number of nitrogens with one attached hydrogen (secondary N) is 1. The number of carbonyl (C=O) groups excluding carboxylic acids is 1. The van der Waals surface area contributed by atoms with Gasteiger partial charge in [0.2, 0.25) is 5.91 Å². The van der Waals surface area contributed by atoms with Gasteiger partial charge in [0.25, 0.3) is 0 Å². The van der Waals surface area contributed by atoms with E-state index in [-0.39, 0.29) is 10.8 Å². The van der Waals surface area contributed by atoms with Crippen LogP contribution >= 0.6 is 22.7 Å². The largest absolute Gasteiger partial charge is 0.477 e. The molecule has 0 atom stereocenters. The Morgan fingerprint density at radius 1 is 1.42 bits per heavy atom. The van der Waals surface area contributed by atoms with Crippen LogP contribution in [0.4, 0.5) is 5.00 Å². The Hall–Kier alpha value is -1.92. The number of anilines is 1. The number of carboxylic acid groups (broad SMARTS) is 1. The lowest BCUT2D eigenvalue weighted by molar-refractivity contribution is -0.111. The molecule has 0 aliphatic carbocycles. The summed E-state index contributed by atoms with van der Waals surface area (Å²) >= 11 is 2.60. The molecule has 2 rings (SSSR count). The van der Waals surface area contributed by atoms with E-state index in [1.54, 1.807) is 19.1 Å². The van der Waals surface area contributed by atoms with Crippen LogP contribution in [0.2, 0.25) is 0 Å². The normalized spacial score (nSPS) is 10.8. The summed E-state index contributed by atoms with van der Waals surface area (Å²) in [5.41, 5.74) is 0.648. The van der Waals surface area contributed by atoms with Crippen LogP contribution in [-0.2, 0) is 4.79 Å². The predicted octanol–water partition coefficient (Wildman–Crippen LogP) is 3.47. The van der Waals surface area contributed by atoms with Gasteiger partial charge in [-0.15, -0.1) is 22.7 Å². The van der Waals surface area contributed by atoms with Crippen molar-refractivity contribution in [3.05, 3.63) is 45.0 Å². The van der Waals surface area contributed by atoms with E-state index in [1.165, 1.54) is 17.4 Å². The second kappa shape index (κ2) is 5.81. The van der Waals surface area contributed by atoms with Crippen molar-refractivity contribution in [2.75, 3.05) is 5.32 Å². The SMILES string of the molecule is Cc1cc(NC(=O)/C=C/c2cccs2)sc1C(=O)O. The van der Waals surface area contributed by atoms with Crippen LogP contribution in [0.15, 0.2) is 29.7 Å². The second-order valence-electron chi connectivity index (χ2n) is 3.77. The number of hydrogen-bond acceptors (Lipinski definition) is 4. The van der Waals surface area contributed by atoms with Crippen LogP contribution in [0.5, 0.6) is 0 Å². The van der Waals surface area contributed by atoms with E-state index in [0.717, 1.165) is 16.2 Å². The van der Waals surface area contributed by atoms with Crippen LogP contribution < -0.4 is 5.32 Å². The number of carboxylic acids is 1. The molecule has 6 heteroatoms. The predicted molar refractivity (Wildman–Crippen MR) is 78.0 cm³/mol. The summed E-state index contributed by atoms with van der Waals surface area (Å²) in [6.45, 7) is 1.71. The summed E-state index contributed by atoms with van der Waals surface area (Å²) in [6.07, 6.45) is 3.15. The standard InChI is InChI=1S/C13H11NO3S2/c1-8-7-11(19-12(8)13(16)17)14-10(15)5-4-9-3-2-6-18-9/h2-7H,1H3,(H,14,15)(H,16,17)/b5-4+. The third-order valence-corrected chi connectivity index (χ3v) is 4.28. The average molecular weight is 293 g/mol. The van der Waals surface area contributed by atoms with Gasteiger partial charge in [-0.2, -0.15) is 0 Å². The van der Waals surface area contributed by atoms with E-state index in [4.69, 9.17) is 5.11 Å². The highest BCUT2D eigenvalue weighted by atomic mass is 32.1. The van der Waals surface area contributed by atoms with Gasteiger partial charge < -0.3 is 10.4 Å². The smallest absolute Gasteiger partial charge is 0.346 e. The van der Waals surface area contributed by atoms with Crippen LogP contribution in [0.3, 0.4) is 0 Å². The Morgan fingerprint density at radius 2 is 2.21 bits per heavy atom. The Kier molecular flexibility index (Phi) is 4.13. The third-order valence-electron chi connectivity index (χ3n) is 2.30. The van der Waals surface area contributed by atoms with E-state index in [1.807, 2.05) is 17.5 Å². The van der Waals surface area contributed by atoms with E-state index >= 15 is 0 Å². The Bertz CT molecular complexity index is 626. The van der Waals surface area contributed by atoms with Crippen LogP contribution in [0, 0.1) is 6.92 Å². The zero-order valence-electron chi connectivity index (χ0n) is 10.0. The molecule has 0 aliphatic rings. The molecule has 1 amide bonds. The molecule has 0 saturated carbocycles. The molecule has 0 fully saturated rings. The maximum absolute atomic E-state index is 11.7. The number of hydrogen-bond donors (Lipinski definition) is 2. The van der Waals surface area contributed by atoms with Crippen molar-refractivity contribution in [2.45, 2.75) is 6.92 Å². The number of aromatic carboxylic acids is 1. The molecule has 2 aromatic rings. The molecular weight excluding hydrogens is 282 g/mol. The average Bonchev–Trinajstić information content (AvgIpc) is 2.96. The number of amides is 1. The summed E-state index contributed by atoms with van der Waals surface area (Å²) in [4.78, 5) is 23.8. The lowest BCUT2D eigenvalue weighted by Gasteiger charge is -1.95. The summed E-state index contributed by atoms with van der Waals surface area (Å²) in [6, 6.07) is 5.47. The van der Waals surface area contributed by atoms with Crippen LogP contribution in [0.25, 0.3) is 6.08 Å².